The van der Waals surface area contributed by atoms with Crippen molar-refractivity contribution >= 4 is 35.8 Å². The lowest BCUT2D eigenvalue weighted by Gasteiger charge is -2.42. The number of piperazine rings is 1. The molecule has 1 saturated heterocycles. The zero-order valence-corrected chi connectivity index (χ0v) is 19.7. The summed E-state index contributed by atoms with van der Waals surface area (Å²) in [6.45, 7) is 7.65. The van der Waals surface area contributed by atoms with Gasteiger partial charge >= 0.3 is 0 Å². The topological polar surface area (TPSA) is 51.2 Å². The second-order valence-corrected chi connectivity index (χ2v) is 8.47. The fourth-order valence-corrected chi connectivity index (χ4v) is 4.85. The monoisotopic (exact) mass is 491 g/mol. The number of hydrogen-bond donors (Lipinski definition) is 1. The zero-order chi connectivity index (χ0) is 18.5. The molecule has 2 aliphatic carbocycles. The van der Waals surface area contributed by atoms with Crippen LogP contribution >= 0.6 is 24.0 Å². The van der Waals surface area contributed by atoms with Crippen molar-refractivity contribution in [2.24, 2.45) is 16.8 Å². The van der Waals surface area contributed by atoms with Gasteiger partial charge in [-0.15, -0.1) is 24.0 Å². The number of carbonyl (C=O) groups excluding carboxylic acids is 1. The van der Waals surface area contributed by atoms with Crippen molar-refractivity contribution in [3.05, 3.63) is 0 Å². The highest BCUT2D eigenvalue weighted by molar-refractivity contribution is 14.0. The van der Waals surface area contributed by atoms with E-state index in [4.69, 9.17) is 0 Å². The molecule has 2 saturated carbocycles. The molecule has 1 amide bonds. The molecule has 27 heavy (non-hydrogen) atoms. The lowest BCUT2D eigenvalue weighted by atomic mass is 9.93. The maximum Gasteiger partial charge on any atom is 0.243 e. The second kappa shape index (κ2) is 10.8. The molecule has 0 aromatic heterocycles. The molecule has 3 atom stereocenters. The molecule has 1 N–H and O–H groups in total. The van der Waals surface area contributed by atoms with Crippen LogP contribution in [0.15, 0.2) is 4.99 Å². The summed E-state index contributed by atoms with van der Waals surface area (Å²) in [5, 5.41) is 3.48. The molecule has 3 unspecified atom stereocenters. The Morgan fingerprint density at radius 1 is 1.15 bits per heavy atom. The minimum Gasteiger partial charge on any atom is -0.356 e. The Hall–Kier alpha value is -0.570. The highest BCUT2D eigenvalue weighted by Gasteiger charge is 2.42. The number of hydrogen-bond acceptors (Lipinski definition) is 3. The van der Waals surface area contributed by atoms with E-state index in [9.17, 15) is 4.79 Å². The number of amides is 1. The Morgan fingerprint density at radius 2 is 1.89 bits per heavy atom. The van der Waals surface area contributed by atoms with Crippen molar-refractivity contribution in [2.45, 2.75) is 51.5 Å². The molecule has 156 valence electrons. The lowest BCUT2D eigenvalue weighted by Crippen LogP contribution is -2.55. The van der Waals surface area contributed by atoms with Crippen molar-refractivity contribution in [2.75, 3.05) is 53.4 Å². The van der Waals surface area contributed by atoms with Gasteiger partial charge in [-0.1, -0.05) is 19.8 Å². The number of carbonyl (C=O) groups is 1. The number of guanidine groups is 1. The third-order valence-electron chi connectivity index (χ3n) is 6.46. The van der Waals surface area contributed by atoms with Gasteiger partial charge in [0, 0.05) is 52.9 Å². The number of rotatable bonds is 6. The quantitative estimate of drug-likeness (QED) is 0.268. The number of nitrogens with zero attached hydrogens (tertiary/aromatic N) is 4. The summed E-state index contributed by atoms with van der Waals surface area (Å²) < 4.78 is 0. The predicted octanol–water partition coefficient (Wildman–Crippen LogP) is 2.24. The normalized spacial score (nSPS) is 28.2. The molecule has 7 heteroatoms. The van der Waals surface area contributed by atoms with Gasteiger partial charge in [0.25, 0.3) is 0 Å². The summed E-state index contributed by atoms with van der Waals surface area (Å²) in [6, 6.07) is 0.833. The standard InChI is InChI=1S/C20H37N5O.HI/c1-4-5-8-21-20(22-15-19(26)23(2)3)25-11-9-24(10-12-25)18-14-16-6-7-17(18)13-16;/h16-18H,4-15H2,1-3H3,(H,21,22);1H. The van der Waals surface area contributed by atoms with Gasteiger partial charge in [-0.25, -0.2) is 4.99 Å². The molecular formula is C20H38IN5O. The smallest absolute Gasteiger partial charge is 0.243 e. The van der Waals surface area contributed by atoms with Crippen LogP contribution in [-0.4, -0.2) is 86.0 Å². The summed E-state index contributed by atoms with van der Waals surface area (Å²) in [7, 11) is 3.58. The van der Waals surface area contributed by atoms with E-state index in [-0.39, 0.29) is 36.4 Å². The molecule has 3 aliphatic rings. The van der Waals surface area contributed by atoms with Crippen LogP contribution in [-0.2, 0) is 4.79 Å². The van der Waals surface area contributed by atoms with Crippen molar-refractivity contribution in [1.82, 2.24) is 20.0 Å². The van der Waals surface area contributed by atoms with Crippen LogP contribution in [0.25, 0.3) is 0 Å². The Kier molecular flexibility index (Phi) is 9.11. The molecule has 1 aliphatic heterocycles. The van der Waals surface area contributed by atoms with Crippen molar-refractivity contribution in [1.29, 1.82) is 0 Å². The minimum absolute atomic E-state index is 0. The number of unbranched alkanes of at least 4 members (excludes halogenated alkanes) is 1. The summed E-state index contributed by atoms with van der Waals surface area (Å²) in [4.78, 5) is 23.2. The number of nitrogens with one attached hydrogen (secondary N) is 1. The fraction of sp³-hybridized carbons (Fsp3) is 0.900. The average molecular weight is 491 g/mol. The number of likely N-dealkylation sites (N-methyl/N-ethyl adjacent to an activating group) is 1. The molecule has 3 fully saturated rings. The van der Waals surface area contributed by atoms with Gasteiger partial charge < -0.3 is 15.1 Å². The summed E-state index contributed by atoms with van der Waals surface area (Å²) >= 11 is 0. The molecule has 0 aromatic carbocycles. The maximum absolute atomic E-state index is 11.9. The molecule has 2 bridgehead atoms. The van der Waals surface area contributed by atoms with Crippen LogP contribution in [0, 0.1) is 11.8 Å². The first-order valence-corrected chi connectivity index (χ1v) is 10.6. The van der Waals surface area contributed by atoms with Gasteiger partial charge in [0.15, 0.2) is 5.96 Å². The fourth-order valence-electron chi connectivity index (χ4n) is 4.85. The Morgan fingerprint density at radius 3 is 2.44 bits per heavy atom. The van der Waals surface area contributed by atoms with E-state index in [1.54, 1.807) is 19.0 Å². The second-order valence-electron chi connectivity index (χ2n) is 8.47. The van der Waals surface area contributed by atoms with E-state index in [0.717, 1.165) is 69.4 Å². The van der Waals surface area contributed by atoms with Crippen LogP contribution in [0.5, 0.6) is 0 Å². The Bertz CT molecular complexity index is 505. The average Bonchev–Trinajstić information content (AvgIpc) is 3.28. The van der Waals surface area contributed by atoms with E-state index in [1.807, 2.05) is 0 Å². The predicted molar refractivity (Wildman–Crippen MR) is 122 cm³/mol. The van der Waals surface area contributed by atoms with Crippen molar-refractivity contribution in [3.8, 4) is 0 Å². The minimum atomic E-state index is 0. The van der Waals surface area contributed by atoms with Gasteiger partial charge in [0.2, 0.25) is 5.91 Å². The van der Waals surface area contributed by atoms with Crippen LogP contribution in [0.2, 0.25) is 0 Å². The van der Waals surface area contributed by atoms with Gasteiger partial charge in [-0.05, 0) is 37.5 Å². The van der Waals surface area contributed by atoms with Crippen LogP contribution < -0.4 is 5.32 Å². The van der Waals surface area contributed by atoms with Crippen LogP contribution in [0.3, 0.4) is 0 Å². The molecule has 0 aromatic rings. The van der Waals surface area contributed by atoms with Crippen molar-refractivity contribution in [3.63, 3.8) is 0 Å². The number of halogens is 1. The SMILES string of the molecule is CCCCNC(=NCC(=O)N(C)C)N1CCN(C2CC3CCC2C3)CC1.I. The van der Waals surface area contributed by atoms with E-state index < -0.39 is 0 Å². The molecule has 0 radical (unpaired) electrons. The van der Waals surface area contributed by atoms with E-state index >= 15 is 0 Å². The first-order chi connectivity index (χ1) is 12.6. The third kappa shape index (κ3) is 5.95. The summed E-state index contributed by atoms with van der Waals surface area (Å²) in [5.41, 5.74) is 0. The van der Waals surface area contributed by atoms with Crippen LogP contribution in [0.4, 0.5) is 0 Å². The van der Waals surface area contributed by atoms with Gasteiger partial charge in [-0.3, -0.25) is 9.69 Å². The molecule has 1 heterocycles. The Labute approximate surface area is 182 Å². The van der Waals surface area contributed by atoms with Gasteiger partial charge in [0.1, 0.15) is 6.54 Å². The molecule has 3 rings (SSSR count). The number of aliphatic imine (C=N–C) groups is 1. The lowest BCUT2D eigenvalue weighted by molar-refractivity contribution is -0.127. The summed E-state index contributed by atoms with van der Waals surface area (Å²) in [6.07, 6.45) is 8.12. The molecule has 6 nitrogen and oxygen atoms in total. The highest BCUT2D eigenvalue weighted by Crippen LogP contribution is 2.46. The van der Waals surface area contributed by atoms with Crippen molar-refractivity contribution < 1.29 is 4.79 Å². The molecule has 0 spiro atoms. The zero-order valence-electron chi connectivity index (χ0n) is 17.3. The van der Waals surface area contributed by atoms with E-state index in [2.05, 4.69) is 27.0 Å². The largest absolute Gasteiger partial charge is 0.356 e. The Balaban J connectivity index is 0.00000261. The van der Waals surface area contributed by atoms with E-state index in [0.29, 0.717) is 0 Å². The van der Waals surface area contributed by atoms with Gasteiger partial charge in [0.05, 0.1) is 0 Å². The first-order valence-electron chi connectivity index (χ1n) is 10.6. The van der Waals surface area contributed by atoms with Crippen LogP contribution in [0.1, 0.15) is 45.4 Å². The highest BCUT2D eigenvalue weighted by atomic mass is 127. The third-order valence-corrected chi connectivity index (χ3v) is 6.46. The first kappa shape index (κ1) is 22.7. The van der Waals surface area contributed by atoms with Gasteiger partial charge in [-0.2, -0.15) is 0 Å². The van der Waals surface area contributed by atoms with E-state index in [1.165, 1.54) is 25.7 Å². The molecular weight excluding hydrogens is 453 g/mol. The number of fused-ring (bicyclic) bond motifs is 2. The summed E-state index contributed by atoms with van der Waals surface area (Å²) in [5.74, 6) is 2.94. The maximum atomic E-state index is 11.9.